The largest absolute Gasteiger partial charge is 0.325 e. The standard InChI is InChI=1S/C10H23N/c1-7-9(3,4)8(2)10(5,6)11/h8H,7,11H2,1-6H3. The van der Waals surface area contributed by atoms with Gasteiger partial charge in [-0.3, -0.25) is 0 Å². The van der Waals surface area contributed by atoms with Gasteiger partial charge in [0, 0.05) is 5.54 Å². The lowest BCUT2D eigenvalue weighted by Gasteiger charge is -2.39. The molecule has 0 spiro atoms. The fourth-order valence-corrected chi connectivity index (χ4v) is 1.31. The summed E-state index contributed by atoms with van der Waals surface area (Å²) in [7, 11) is 0. The fourth-order valence-electron chi connectivity index (χ4n) is 1.31. The van der Waals surface area contributed by atoms with Crippen LogP contribution in [0.4, 0.5) is 0 Å². The molecular formula is C10H23N. The lowest BCUT2D eigenvalue weighted by Crippen LogP contribution is -2.46. The highest BCUT2D eigenvalue weighted by Gasteiger charge is 2.33. The van der Waals surface area contributed by atoms with Crippen LogP contribution >= 0.6 is 0 Å². The molecule has 0 aliphatic heterocycles. The molecule has 0 heterocycles. The predicted molar refractivity (Wildman–Crippen MR) is 51.5 cm³/mol. The molecule has 0 radical (unpaired) electrons. The number of rotatable bonds is 3. The van der Waals surface area contributed by atoms with Crippen LogP contribution in [-0.2, 0) is 0 Å². The van der Waals surface area contributed by atoms with Crippen molar-refractivity contribution in [3.63, 3.8) is 0 Å². The van der Waals surface area contributed by atoms with Crippen molar-refractivity contribution in [1.29, 1.82) is 0 Å². The Balaban J connectivity index is 4.35. The van der Waals surface area contributed by atoms with Crippen LogP contribution in [0.15, 0.2) is 0 Å². The Bertz CT molecular complexity index is 119. The van der Waals surface area contributed by atoms with Crippen LogP contribution in [0, 0.1) is 11.3 Å². The van der Waals surface area contributed by atoms with Crippen LogP contribution in [0.5, 0.6) is 0 Å². The molecule has 0 aliphatic rings. The summed E-state index contributed by atoms with van der Waals surface area (Å²) in [6.45, 7) is 13.2. The lowest BCUT2D eigenvalue weighted by molar-refractivity contribution is 0.144. The Morgan fingerprint density at radius 2 is 1.55 bits per heavy atom. The van der Waals surface area contributed by atoms with E-state index in [-0.39, 0.29) is 5.54 Å². The number of hydrogen-bond acceptors (Lipinski definition) is 1. The third-order valence-electron chi connectivity index (χ3n) is 3.20. The van der Waals surface area contributed by atoms with E-state index in [1.807, 2.05) is 0 Å². The fraction of sp³-hybridized carbons (Fsp3) is 1.00. The van der Waals surface area contributed by atoms with Crippen molar-refractivity contribution in [3.8, 4) is 0 Å². The van der Waals surface area contributed by atoms with Crippen molar-refractivity contribution < 1.29 is 0 Å². The van der Waals surface area contributed by atoms with Gasteiger partial charge >= 0.3 is 0 Å². The van der Waals surface area contributed by atoms with Crippen molar-refractivity contribution in [1.82, 2.24) is 0 Å². The van der Waals surface area contributed by atoms with Crippen LogP contribution < -0.4 is 5.73 Å². The Morgan fingerprint density at radius 1 is 1.18 bits per heavy atom. The van der Waals surface area contributed by atoms with Crippen LogP contribution in [0.3, 0.4) is 0 Å². The van der Waals surface area contributed by atoms with E-state index in [4.69, 9.17) is 5.73 Å². The van der Waals surface area contributed by atoms with Crippen LogP contribution in [0.25, 0.3) is 0 Å². The van der Waals surface area contributed by atoms with Gasteiger partial charge in [0.1, 0.15) is 0 Å². The average molecular weight is 157 g/mol. The molecule has 68 valence electrons. The summed E-state index contributed by atoms with van der Waals surface area (Å²) in [6, 6.07) is 0. The highest BCUT2D eigenvalue weighted by atomic mass is 14.7. The molecule has 0 amide bonds. The molecule has 0 rings (SSSR count). The molecule has 1 unspecified atom stereocenters. The third-order valence-corrected chi connectivity index (χ3v) is 3.20. The van der Waals surface area contributed by atoms with Gasteiger partial charge in [0.2, 0.25) is 0 Å². The third kappa shape index (κ3) is 2.82. The molecule has 0 fully saturated rings. The predicted octanol–water partition coefficient (Wildman–Crippen LogP) is 2.80. The Hall–Kier alpha value is -0.0400. The highest BCUT2D eigenvalue weighted by molar-refractivity contribution is 4.88. The maximum absolute atomic E-state index is 6.04. The van der Waals surface area contributed by atoms with E-state index in [1.54, 1.807) is 0 Å². The number of nitrogens with two attached hydrogens (primary N) is 1. The first-order valence-electron chi connectivity index (χ1n) is 4.50. The molecule has 0 aromatic carbocycles. The summed E-state index contributed by atoms with van der Waals surface area (Å²) in [5, 5.41) is 0. The van der Waals surface area contributed by atoms with Gasteiger partial charge in [0.05, 0.1) is 0 Å². The Morgan fingerprint density at radius 3 is 1.64 bits per heavy atom. The average Bonchev–Trinajstić information content (AvgIpc) is 1.84. The van der Waals surface area contributed by atoms with Gasteiger partial charge in [-0.25, -0.2) is 0 Å². The van der Waals surface area contributed by atoms with Crippen molar-refractivity contribution in [3.05, 3.63) is 0 Å². The molecule has 0 saturated heterocycles. The summed E-state index contributed by atoms with van der Waals surface area (Å²) in [4.78, 5) is 0. The van der Waals surface area contributed by atoms with Gasteiger partial charge in [-0.2, -0.15) is 0 Å². The van der Waals surface area contributed by atoms with Crippen molar-refractivity contribution in [2.45, 2.75) is 53.5 Å². The maximum atomic E-state index is 6.04. The minimum absolute atomic E-state index is 0.0560. The summed E-state index contributed by atoms with van der Waals surface area (Å²) < 4.78 is 0. The van der Waals surface area contributed by atoms with E-state index >= 15 is 0 Å². The lowest BCUT2D eigenvalue weighted by atomic mass is 9.69. The first-order chi connectivity index (χ1) is 4.72. The van der Waals surface area contributed by atoms with Gasteiger partial charge in [-0.05, 0) is 25.2 Å². The van der Waals surface area contributed by atoms with Gasteiger partial charge in [0.25, 0.3) is 0 Å². The van der Waals surface area contributed by atoms with Crippen molar-refractivity contribution in [2.24, 2.45) is 17.1 Å². The van der Waals surface area contributed by atoms with Gasteiger partial charge in [-0.15, -0.1) is 0 Å². The molecule has 2 N–H and O–H groups in total. The Kier molecular flexibility index (Phi) is 3.13. The van der Waals surface area contributed by atoms with Crippen molar-refractivity contribution >= 4 is 0 Å². The van der Waals surface area contributed by atoms with E-state index in [0.29, 0.717) is 11.3 Å². The second kappa shape index (κ2) is 3.14. The second-order valence-electron chi connectivity index (χ2n) is 4.89. The second-order valence-corrected chi connectivity index (χ2v) is 4.89. The van der Waals surface area contributed by atoms with E-state index in [9.17, 15) is 0 Å². The van der Waals surface area contributed by atoms with E-state index < -0.39 is 0 Å². The molecule has 1 nitrogen and oxygen atoms in total. The first-order valence-corrected chi connectivity index (χ1v) is 4.50. The maximum Gasteiger partial charge on any atom is 0.0128 e. The highest BCUT2D eigenvalue weighted by Crippen LogP contribution is 2.35. The zero-order valence-electron chi connectivity index (χ0n) is 8.86. The molecule has 0 saturated carbocycles. The summed E-state index contributed by atoms with van der Waals surface area (Å²) >= 11 is 0. The minimum Gasteiger partial charge on any atom is -0.325 e. The summed E-state index contributed by atoms with van der Waals surface area (Å²) in [5.74, 6) is 0.556. The monoisotopic (exact) mass is 157 g/mol. The molecular weight excluding hydrogens is 134 g/mol. The molecule has 0 aromatic rings. The zero-order chi connectivity index (χ0) is 9.28. The molecule has 0 aromatic heterocycles. The van der Waals surface area contributed by atoms with Gasteiger partial charge in [0.15, 0.2) is 0 Å². The molecule has 0 bridgehead atoms. The van der Waals surface area contributed by atoms with Crippen LogP contribution in [0.2, 0.25) is 0 Å². The van der Waals surface area contributed by atoms with Crippen LogP contribution in [0.1, 0.15) is 48.0 Å². The zero-order valence-corrected chi connectivity index (χ0v) is 8.86. The van der Waals surface area contributed by atoms with Gasteiger partial charge < -0.3 is 5.73 Å². The molecule has 1 heteroatoms. The van der Waals surface area contributed by atoms with E-state index in [0.717, 1.165) is 0 Å². The quantitative estimate of drug-likeness (QED) is 0.670. The summed E-state index contributed by atoms with van der Waals surface area (Å²) in [6.07, 6.45) is 1.19. The minimum atomic E-state index is -0.0560. The SMILES string of the molecule is CCC(C)(C)C(C)C(C)(C)N. The van der Waals surface area contributed by atoms with Gasteiger partial charge in [-0.1, -0.05) is 34.1 Å². The van der Waals surface area contributed by atoms with E-state index in [1.165, 1.54) is 6.42 Å². The smallest absolute Gasteiger partial charge is 0.0128 e. The Labute approximate surface area is 71.4 Å². The topological polar surface area (TPSA) is 26.0 Å². The number of hydrogen-bond donors (Lipinski definition) is 1. The van der Waals surface area contributed by atoms with E-state index in [2.05, 4.69) is 41.5 Å². The first kappa shape index (κ1) is 11.0. The molecule has 11 heavy (non-hydrogen) atoms. The normalized spacial score (nSPS) is 16.6. The summed E-state index contributed by atoms with van der Waals surface area (Å²) in [5.41, 5.74) is 6.34. The van der Waals surface area contributed by atoms with Crippen LogP contribution in [-0.4, -0.2) is 5.54 Å². The molecule has 1 atom stereocenters. The molecule has 0 aliphatic carbocycles. The van der Waals surface area contributed by atoms with Crippen molar-refractivity contribution in [2.75, 3.05) is 0 Å².